The fraction of sp³-hybridized carbons (Fsp3) is 0.481. The molecule has 198 valence electrons. The lowest BCUT2D eigenvalue weighted by atomic mass is 10.1. The monoisotopic (exact) mass is 537 g/mol. The molecule has 0 unspecified atom stereocenters. The normalized spacial score (nSPS) is 24.1. The minimum absolute atomic E-state index is 0.0697. The molecule has 3 fully saturated rings. The molecule has 1 aliphatic carbocycles. The van der Waals surface area contributed by atoms with E-state index in [0.29, 0.717) is 47.2 Å². The molecule has 0 radical (unpaired) electrons. The topological polar surface area (TPSA) is 72.2 Å². The first-order chi connectivity index (χ1) is 18.4. The molecule has 11 heteroatoms. The zero-order chi connectivity index (χ0) is 26.0. The molecular formula is C27H29F2N7OS. The van der Waals surface area contributed by atoms with Gasteiger partial charge in [0.25, 0.3) is 0 Å². The Morgan fingerprint density at radius 1 is 1.05 bits per heavy atom. The first-order valence-corrected chi connectivity index (χ1v) is 14.1. The number of aromatic nitrogens is 5. The van der Waals surface area contributed by atoms with Gasteiger partial charge in [0.2, 0.25) is 5.95 Å². The van der Waals surface area contributed by atoms with Gasteiger partial charge in [-0.2, -0.15) is 15.1 Å². The average molecular weight is 538 g/mol. The molecule has 3 atom stereocenters. The molecule has 38 heavy (non-hydrogen) atoms. The Morgan fingerprint density at radius 2 is 1.92 bits per heavy atom. The van der Waals surface area contributed by atoms with Gasteiger partial charge >= 0.3 is 0 Å². The highest BCUT2D eigenvalue weighted by Crippen LogP contribution is 2.40. The molecule has 3 aromatic heterocycles. The molecule has 8 nitrogen and oxygen atoms in total. The summed E-state index contributed by atoms with van der Waals surface area (Å²) >= 11 is 1.47. The Morgan fingerprint density at radius 3 is 2.68 bits per heavy atom. The first kappa shape index (κ1) is 23.9. The molecule has 0 N–H and O–H groups in total. The number of fused-ring (bicyclic) bond motifs is 1. The second-order valence-electron chi connectivity index (χ2n) is 10.7. The molecule has 7 rings (SSSR count). The van der Waals surface area contributed by atoms with Gasteiger partial charge in [-0.1, -0.05) is 11.3 Å². The lowest BCUT2D eigenvalue weighted by Crippen LogP contribution is -2.43. The lowest BCUT2D eigenvalue weighted by Gasteiger charge is -2.36. The van der Waals surface area contributed by atoms with Crippen LogP contribution < -0.4 is 9.80 Å². The fourth-order valence-electron chi connectivity index (χ4n) is 5.50. The van der Waals surface area contributed by atoms with E-state index in [-0.39, 0.29) is 17.8 Å². The quantitative estimate of drug-likeness (QED) is 0.332. The lowest BCUT2D eigenvalue weighted by molar-refractivity contribution is -0.0178. The molecule has 2 saturated heterocycles. The predicted octanol–water partition coefficient (Wildman–Crippen LogP) is 5.52. The Labute approximate surface area is 223 Å². The van der Waals surface area contributed by atoms with Crippen LogP contribution in [0, 0.1) is 11.6 Å². The SMILES string of the molecule is C[C@@H]1CN(c2nc(-c3ccc(F)cc3F)c3sc(N4CCC[C@@H]4C)nc3n2)C[C@H](c2cnn(C3CC3)c2)O1. The van der Waals surface area contributed by atoms with Crippen LogP contribution in [0.15, 0.2) is 30.6 Å². The number of halogens is 2. The second kappa shape index (κ2) is 9.23. The van der Waals surface area contributed by atoms with Gasteiger partial charge in [-0.25, -0.2) is 13.8 Å². The number of thiazole rings is 1. The molecule has 1 aromatic carbocycles. The summed E-state index contributed by atoms with van der Waals surface area (Å²) in [6.07, 6.45) is 8.25. The maximum Gasteiger partial charge on any atom is 0.228 e. The minimum atomic E-state index is -0.652. The maximum absolute atomic E-state index is 15.1. The van der Waals surface area contributed by atoms with Crippen molar-refractivity contribution in [2.75, 3.05) is 29.4 Å². The predicted molar refractivity (Wildman–Crippen MR) is 143 cm³/mol. The fourth-order valence-corrected chi connectivity index (χ4v) is 6.64. The molecular weight excluding hydrogens is 508 g/mol. The van der Waals surface area contributed by atoms with Crippen molar-refractivity contribution in [1.82, 2.24) is 24.7 Å². The van der Waals surface area contributed by atoms with Crippen LogP contribution >= 0.6 is 11.3 Å². The van der Waals surface area contributed by atoms with E-state index in [1.54, 1.807) is 0 Å². The third-order valence-electron chi connectivity index (χ3n) is 7.67. The van der Waals surface area contributed by atoms with Gasteiger partial charge in [0.15, 0.2) is 10.8 Å². The third kappa shape index (κ3) is 4.31. The standard InChI is InChI=1S/C27H29F2N7OS/c1-15-4-3-9-35(15)27-33-25-24(38-27)23(20-8-5-18(28)10-21(20)29)31-26(32-25)34-12-16(2)37-22(14-34)17-11-30-36(13-17)19-6-7-19/h5,8,10-11,13,15-16,19,22H,3-4,6-7,9,12,14H2,1-2H3/t15-,16+,22+/m0/s1. The van der Waals surface area contributed by atoms with E-state index in [1.807, 2.05) is 17.8 Å². The van der Waals surface area contributed by atoms with Gasteiger partial charge < -0.3 is 14.5 Å². The zero-order valence-corrected chi connectivity index (χ0v) is 22.2. The molecule has 3 aliphatic rings. The van der Waals surface area contributed by atoms with E-state index in [1.165, 1.54) is 23.5 Å². The van der Waals surface area contributed by atoms with Crippen molar-refractivity contribution in [2.45, 2.75) is 63.8 Å². The van der Waals surface area contributed by atoms with Gasteiger partial charge in [0.1, 0.15) is 22.4 Å². The highest BCUT2D eigenvalue weighted by atomic mass is 32.1. The molecule has 5 heterocycles. The van der Waals surface area contributed by atoms with E-state index in [4.69, 9.17) is 19.7 Å². The van der Waals surface area contributed by atoms with E-state index >= 15 is 4.39 Å². The van der Waals surface area contributed by atoms with Gasteiger partial charge in [-0.05, 0) is 51.7 Å². The Balaban J connectivity index is 1.30. The van der Waals surface area contributed by atoms with Crippen LogP contribution in [0.2, 0.25) is 0 Å². The van der Waals surface area contributed by atoms with Gasteiger partial charge in [-0.3, -0.25) is 4.68 Å². The number of hydrogen-bond donors (Lipinski definition) is 0. The number of ether oxygens (including phenoxy) is 1. The van der Waals surface area contributed by atoms with E-state index in [0.717, 1.165) is 49.0 Å². The van der Waals surface area contributed by atoms with Crippen LogP contribution in [0.25, 0.3) is 21.6 Å². The number of hydrogen-bond acceptors (Lipinski definition) is 8. The smallest absolute Gasteiger partial charge is 0.228 e. The summed E-state index contributed by atoms with van der Waals surface area (Å²) in [5.41, 5.74) is 2.24. The molecule has 1 saturated carbocycles. The number of benzene rings is 1. The molecule has 0 bridgehead atoms. The van der Waals surface area contributed by atoms with Crippen LogP contribution in [-0.2, 0) is 4.74 Å². The second-order valence-corrected chi connectivity index (χ2v) is 11.6. The third-order valence-corrected chi connectivity index (χ3v) is 8.76. The average Bonchev–Trinajstić information content (AvgIpc) is 3.26. The van der Waals surface area contributed by atoms with Crippen LogP contribution in [0.1, 0.15) is 57.2 Å². The van der Waals surface area contributed by atoms with Crippen molar-refractivity contribution < 1.29 is 13.5 Å². The number of anilines is 2. The summed E-state index contributed by atoms with van der Waals surface area (Å²) < 4.78 is 37.9. The summed E-state index contributed by atoms with van der Waals surface area (Å²) in [6.45, 7) is 6.28. The van der Waals surface area contributed by atoms with Gasteiger partial charge in [0.05, 0.1) is 30.6 Å². The summed E-state index contributed by atoms with van der Waals surface area (Å²) in [4.78, 5) is 19.0. The van der Waals surface area contributed by atoms with E-state index in [2.05, 4.69) is 28.0 Å². The minimum Gasteiger partial charge on any atom is -0.367 e. The van der Waals surface area contributed by atoms with Gasteiger partial charge in [0, 0.05) is 42.5 Å². The Kier molecular flexibility index (Phi) is 5.81. The van der Waals surface area contributed by atoms with Crippen LogP contribution in [-0.4, -0.2) is 56.5 Å². The number of morpholine rings is 1. The summed E-state index contributed by atoms with van der Waals surface area (Å²) in [5.74, 6) is -0.803. The molecule has 4 aromatic rings. The van der Waals surface area contributed by atoms with Crippen molar-refractivity contribution in [1.29, 1.82) is 0 Å². The highest BCUT2D eigenvalue weighted by molar-refractivity contribution is 7.22. The summed E-state index contributed by atoms with van der Waals surface area (Å²) in [7, 11) is 0. The Bertz CT molecular complexity index is 1500. The number of nitrogens with zero attached hydrogens (tertiary/aromatic N) is 7. The first-order valence-electron chi connectivity index (χ1n) is 13.3. The van der Waals surface area contributed by atoms with Crippen LogP contribution in [0.4, 0.5) is 19.9 Å². The Hall–Kier alpha value is -3.18. The zero-order valence-electron chi connectivity index (χ0n) is 21.3. The largest absolute Gasteiger partial charge is 0.367 e. The maximum atomic E-state index is 15.1. The van der Waals surface area contributed by atoms with Gasteiger partial charge in [-0.15, -0.1) is 0 Å². The summed E-state index contributed by atoms with van der Waals surface area (Å²) in [6, 6.07) is 4.49. The van der Waals surface area contributed by atoms with Crippen molar-refractivity contribution in [3.05, 3.63) is 47.8 Å². The van der Waals surface area contributed by atoms with Crippen molar-refractivity contribution >= 4 is 32.8 Å². The number of rotatable bonds is 5. The summed E-state index contributed by atoms with van der Waals surface area (Å²) in [5, 5.41) is 5.40. The van der Waals surface area contributed by atoms with Crippen molar-refractivity contribution in [3.63, 3.8) is 0 Å². The van der Waals surface area contributed by atoms with Crippen LogP contribution in [0.3, 0.4) is 0 Å². The molecule has 0 spiro atoms. The van der Waals surface area contributed by atoms with Crippen LogP contribution in [0.5, 0.6) is 0 Å². The van der Waals surface area contributed by atoms with Crippen molar-refractivity contribution in [3.8, 4) is 11.3 Å². The van der Waals surface area contributed by atoms with Crippen molar-refractivity contribution in [2.24, 2.45) is 0 Å². The molecule has 0 amide bonds. The van der Waals surface area contributed by atoms with E-state index in [9.17, 15) is 4.39 Å². The van der Waals surface area contributed by atoms with E-state index < -0.39 is 11.6 Å². The molecule has 2 aliphatic heterocycles. The highest BCUT2D eigenvalue weighted by Gasteiger charge is 2.32.